The highest BCUT2D eigenvalue weighted by molar-refractivity contribution is 5.76. The molecular formula is C79H127NO18. The maximum absolute atomic E-state index is 13.4. The van der Waals surface area contributed by atoms with Crippen LogP contribution in [-0.2, 0) is 33.2 Å². The summed E-state index contributed by atoms with van der Waals surface area (Å²) in [5.41, 5.74) is 0. The predicted molar refractivity (Wildman–Crippen MR) is 387 cm³/mol. The second kappa shape index (κ2) is 58.0. The number of ether oxygens (including phenoxy) is 6. The molecule has 1 amide bonds. The van der Waals surface area contributed by atoms with Gasteiger partial charge >= 0.3 is 0 Å². The summed E-state index contributed by atoms with van der Waals surface area (Å²) in [5, 5.41) is 120. The molecule has 19 nitrogen and oxygen atoms in total. The van der Waals surface area contributed by atoms with E-state index in [2.05, 4.69) is 165 Å². The van der Waals surface area contributed by atoms with Gasteiger partial charge in [-0.1, -0.05) is 236 Å². The number of carbonyl (C=O) groups is 1. The van der Waals surface area contributed by atoms with Crippen molar-refractivity contribution in [3.63, 3.8) is 0 Å². The number of hydrogen-bond acceptors (Lipinski definition) is 18. The highest BCUT2D eigenvalue weighted by Crippen LogP contribution is 2.33. The Morgan fingerprint density at radius 3 is 1.14 bits per heavy atom. The normalized spacial score (nSPS) is 27.7. The van der Waals surface area contributed by atoms with Crippen LogP contribution < -0.4 is 5.32 Å². The quantitative estimate of drug-likeness (QED) is 0.0199. The molecule has 0 bridgehead atoms. The van der Waals surface area contributed by atoms with Crippen molar-refractivity contribution in [3.05, 3.63) is 158 Å². The predicted octanol–water partition coefficient (Wildman–Crippen LogP) is 10.9. The van der Waals surface area contributed by atoms with Crippen LogP contribution in [0.4, 0.5) is 0 Å². The molecule has 3 aliphatic rings. The molecular weight excluding hydrogens is 1250 g/mol. The Morgan fingerprint density at radius 1 is 0.378 bits per heavy atom. The van der Waals surface area contributed by atoms with Crippen molar-refractivity contribution < 1.29 is 89.4 Å². The number of nitrogens with one attached hydrogen (secondary N) is 1. The smallest absolute Gasteiger partial charge is 0.220 e. The fourth-order valence-corrected chi connectivity index (χ4v) is 11.2. The summed E-state index contributed by atoms with van der Waals surface area (Å²) < 4.78 is 34.3. The van der Waals surface area contributed by atoms with Gasteiger partial charge in [-0.3, -0.25) is 4.79 Å². The van der Waals surface area contributed by atoms with Crippen molar-refractivity contribution in [3.8, 4) is 0 Å². The minimum absolute atomic E-state index is 0.184. The zero-order valence-electron chi connectivity index (χ0n) is 58.9. The van der Waals surface area contributed by atoms with E-state index in [-0.39, 0.29) is 12.3 Å². The summed E-state index contributed by atoms with van der Waals surface area (Å²) in [6, 6.07) is -1.02. The van der Waals surface area contributed by atoms with E-state index in [4.69, 9.17) is 28.4 Å². The zero-order valence-corrected chi connectivity index (χ0v) is 58.9. The summed E-state index contributed by atoms with van der Waals surface area (Å²) in [7, 11) is 0. The van der Waals surface area contributed by atoms with Gasteiger partial charge in [-0.05, 0) is 116 Å². The van der Waals surface area contributed by atoms with E-state index >= 15 is 0 Å². The van der Waals surface area contributed by atoms with Gasteiger partial charge in [-0.25, -0.2) is 0 Å². The molecule has 12 N–H and O–H groups in total. The lowest BCUT2D eigenvalue weighted by molar-refractivity contribution is -0.379. The fraction of sp³-hybridized carbons (Fsp3) is 0.658. The molecule has 0 radical (unpaired) electrons. The van der Waals surface area contributed by atoms with Gasteiger partial charge in [0.15, 0.2) is 18.9 Å². The average Bonchev–Trinajstić information content (AvgIpc) is 0.784. The molecule has 3 rings (SSSR count). The first-order valence-electron chi connectivity index (χ1n) is 36.7. The highest BCUT2D eigenvalue weighted by Gasteiger charge is 2.53. The molecule has 98 heavy (non-hydrogen) atoms. The minimum Gasteiger partial charge on any atom is -0.394 e. The second-order valence-corrected chi connectivity index (χ2v) is 25.3. The van der Waals surface area contributed by atoms with Gasteiger partial charge in [0.1, 0.15) is 73.2 Å². The second-order valence-electron chi connectivity index (χ2n) is 25.3. The van der Waals surface area contributed by atoms with Crippen LogP contribution in [0.2, 0.25) is 0 Å². The lowest BCUT2D eigenvalue weighted by Gasteiger charge is -2.48. The van der Waals surface area contributed by atoms with Gasteiger partial charge in [0.05, 0.1) is 38.6 Å². The molecule has 19 heteroatoms. The van der Waals surface area contributed by atoms with E-state index < -0.39 is 131 Å². The highest BCUT2D eigenvalue weighted by atomic mass is 16.8. The lowest BCUT2D eigenvalue weighted by Crippen LogP contribution is -2.66. The maximum atomic E-state index is 13.4. The van der Waals surface area contributed by atoms with Crippen LogP contribution in [0.1, 0.15) is 200 Å². The number of carbonyl (C=O) groups excluding carboxylic acids is 1. The summed E-state index contributed by atoms with van der Waals surface area (Å²) >= 11 is 0. The Kier molecular flexibility index (Phi) is 51.8. The monoisotopic (exact) mass is 1380 g/mol. The molecule has 17 unspecified atom stereocenters. The topological polar surface area (TPSA) is 307 Å². The van der Waals surface area contributed by atoms with E-state index in [1.165, 1.54) is 57.8 Å². The first-order chi connectivity index (χ1) is 47.8. The maximum Gasteiger partial charge on any atom is 0.220 e. The number of allylic oxidation sites excluding steroid dienone is 25. The third kappa shape index (κ3) is 38.4. The fourth-order valence-electron chi connectivity index (χ4n) is 11.2. The molecule has 0 aromatic carbocycles. The summed E-state index contributed by atoms with van der Waals surface area (Å²) in [4.78, 5) is 13.4. The number of unbranched alkanes of at least 4 members (excludes halogenated alkanes) is 14. The largest absolute Gasteiger partial charge is 0.394 e. The molecule has 3 aliphatic heterocycles. The SMILES string of the molecule is CC/C=C\C/C=C\C/C=C\C/C=C\C/C=C\C/C=C\C/C=C\C/C=C\C/C=C\C/C=C\C/C=C\CCCCCC(=O)NC(COC1OC(CO)C(OC2OC(CO)C(OC3OC(CO)C(O)C(O)C3O)C(O)C2O)C(O)C1O)C(O)/C=C/CC/C=C/CCCCCCCCCCCC. The summed E-state index contributed by atoms with van der Waals surface area (Å²) in [5.74, 6) is -0.325. The molecule has 0 aromatic rings. The van der Waals surface area contributed by atoms with Crippen LogP contribution in [0.5, 0.6) is 0 Å². The zero-order chi connectivity index (χ0) is 71.1. The Hall–Kier alpha value is -4.59. The van der Waals surface area contributed by atoms with Crippen molar-refractivity contribution in [2.75, 3.05) is 26.4 Å². The molecule has 0 aliphatic carbocycles. The van der Waals surface area contributed by atoms with Crippen LogP contribution in [0.15, 0.2) is 158 Å². The first-order valence-corrected chi connectivity index (χ1v) is 36.7. The number of rotatable bonds is 54. The third-order valence-corrected chi connectivity index (χ3v) is 17.1. The van der Waals surface area contributed by atoms with E-state index in [0.29, 0.717) is 12.8 Å². The molecule has 0 aromatic heterocycles. The standard InChI is InChI=1S/C79H127NO18/c1-3-5-7-9-11-13-15-17-19-21-22-23-24-25-26-27-28-29-30-31-32-33-34-35-36-37-38-39-40-41-43-45-47-49-51-53-55-57-67(85)80-62(63(84)56-54-52-50-48-46-44-42-20-18-16-14-12-10-8-6-4-2)61-93-77-73(91)70(88)75(65(59-82)95-77)98-79-74(92)71(89)76(66(60-83)96-79)97-78-72(90)69(87)68(86)64(58-81)94-78/h5,7,11,13,17,19,22-23,25-26,28-29,31-32,34-35,37-38,40-41,45-48,54,56,62-66,68-79,81-84,86-92H,3-4,6,8-10,12,14-16,18,20-21,24,27,30,33,36,39,42-44,49-53,55,57-61H2,1-2H3,(H,80,85)/b7-5-,13-11-,19-17-,23-22-,26-25-,29-28-,32-31-,35-34-,38-37-,41-40-,47-45-,48-46+,56-54+. The molecule has 556 valence electrons. The number of aliphatic hydroxyl groups is 11. The van der Waals surface area contributed by atoms with Crippen molar-refractivity contribution in [1.82, 2.24) is 5.32 Å². The number of aliphatic hydroxyl groups excluding tert-OH is 11. The van der Waals surface area contributed by atoms with Crippen molar-refractivity contribution in [2.45, 2.75) is 304 Å². The third-order valence-electron chi connectivity index (χ3n) is 17.1. The molecule has 0 spiro atoms. The van der Waals surface area contributed by atoms with E-state index in [0.717, 1.165) is 109 Å². The van der Waals surface area contributed by atoms with Crippen molar-refractivity contribution >= 4 is 5.91 Å². The van der Waals surface area contributed by atoms with Gasteiger partial charge in [-0.2, -0.15) is 0 Å². The molecule has 17 atom stereocenters. The van der Waals surface area contributed by atoms with Gasteiger partial charge in [0.2, 0.25) is 5.91 Å². The average molecular weight is 1380 g/mol. The summed E-state index contributed by atoms with van der Waals surface area (Å²) in [6.07, 6.45) is 57.9. The Bertz CT molecular complexity index is 2390. The van der Waals surface area contributed by atoms with E-state index in [1.54, 1.807) is 6.08 Å². The van der Waals surface area contributed by atoms with Crippen LogP contribution >= 0.6 is 0 Å². The van der Waals surface area contributed by atoms with Gasteiger partial charge in [-0.15, -0.1) is 0 Å². The summed E-state index contributed by atoms with van der Waals surface area (Å²) in [6.45, 7) is 1.54. The Labute approximate surface area is 586 Å². The van der Waals surface area contributed by atoms with Crippen LogP contribution in [0, 0.1) is 0 Å². The van der Waals surface area contributed by atoms with Gasteiger partial charge in [0.25, 0.3) is 0 Å². The van der Waals surface area contributed by atoms with Crippen LogP contribution in [0.3, 0.4) is 0 Å². The first kappa shape index (κ1) is 87.6. The molecule has 3 fully saturated rings. The van der Waals surface area contributed by atoms with E-state index in [1.807, 2.05) is 6.08 Å². The van der Waals surface area contributed by atoms with Crippen molar-refractivity contribution in [2.24, 2.45) is 0 Å². The number of amides is 1. The Balaban J connectivity index is 1.40. The van der Waals surface area contributed by atoms with Gasteiger partial charge in [0, 0.05) is 6.42 Å². The van der Waals surface area contributed by atoms with Crippen LogP contribution in [0.25, 0.3) is 0 Å². The van der Waals surface area contributed by atoms with Gasteiger partial charge < -0.3 is 89.9 Å². The lowest BCUT2D eigenvalue weighted by atomic mass is 9.96. The molecule has 3 saturated heterocycles. The molecule has 3 heterocycles. The van der Waals surface area contributed by atoms with E-state index in [9.17, 15) is 61.0 Å². The minimum atomic E-state index is -1.99. The van der Waals surface area contributed by atoms with Crippen LogP contribution in [-0.4, -0.2) is 193 Å². The number of hydrogen-bond donors (Lipinski definition) is 12. The Morgan fingerprint density at radius 2 is 0.714 bits per heavy atom. The van der Waals surface area contributed by atoms with Crippen molar-refractivity contribution in [1.29, 1.82) is 0 Å². The molecule has 0 saturated carbocycles.